The average Bonchev–Trinajstić information content (AvgIpc) is 2.53. The fourth-order valence-electron chi connectivity index (χ4n) is 3.19. The number of morpholine rings is 1. The zero-order valence-corrected chi connectivity index (χ0v) is 12.9. The molecule has 1 fully saturated rings. The maximum atomic E-state index is 12.3. The summed E-state index contributed by atoms with van der Waals surface area (Å²) in [4.78, 5) is 26.4. The van der Waals surface area contributed by atoms with Crippen molar-refractivity contribution in [1.29, 1.82) is 0 Å². The van der Waals surface area contributed by atoms with E-state index >= 15 is 0 Å². The van der Waals surface area contributed by atoms with Crippen molar-refractivity contribution in [2.24, 2.45) is 5.92 Å². The predicted octanol–water partition coefficient (Wildman–Crippen LogP) is 1.82. The van der Waals surface area contributed by atoms with Crippen molar-refractivity contribution in [3.05, 3.63) is 29.8 Å². The predicted molar refractivity (Wildman–Crippen MR) is 83.5 cm³/mol. The van der Waals surface area contributed by atoms with E-state index < -0.39 is 0 Å². The van der Waals surface area contributed by atoms with E-state index in [-0.39, 0.29) is 23.8 Å². The lowest BCUT2D eigenvalue weighted by Gasteiger charge is -2.34. The van der Waals surface area contributed by atoms with Gasteiger partial charge in [0.15, 0.2) is 0 Å². The van der Waals surface area contributed by atoms with E-state index in [1.54, 1.807) is 0 Å². The number of hydrogen-bond acceptors (Lipinski definition) is 3. The summed E-state index contributed by atoms with van der Waals surface area (Å²) in [5.41, 5.74) is 2.05. The van der Waals surface area contributed by atoms with Gasteiger partial charge in [-0.15, -0.1) is 0 Å². The quantitative estimate of drug-likeness (QED) is 0.926. The van der Waals surface area contributed by atoms with E-state index in [0.717, 1.165) is 11.3 Å². The van der Waals surface area contributed by atoms with Crippen LogP contribution in [0, 0.1) is 5.92 Å². The Labute approximate surface area is 130 Å². The highest BCUT2D eigenvalue weighted by molar-refractivity contribution is 5.96. The number of amides is 2. The van der Waals surface area contributed by atoms with Crippen molar-refractivity contribution >= 4 is 17.5 Å². The lowest BCUT2D eigenvalue weighted by molar-refractivity contribution is -0.139. The number of nitrogens with zero attached hydrogens (tertiary/aromatic N) is 1. The molecule has 2 aliphatic heterocycles. The van der Waals surface area contributed by atoms with Gasteiger partial charge in [0, 0.05) is 24.6 Å². The number of anilines is 1. The first kappa shape index (κ1) is 15.0. The molecule has 0 aromatic heterocycles. The van der Waals surface area contributed by atoms with E-state index in [4.69, 9.17) is 4.74 Å². The lowest BCUT2D eigenvalue weighted by atomic mass is 9.89. The van der Waals surface area contributed by atoms with E-state index in [1.165, 1.54) is 0 Å². The van der Waals surface area contributed by atoms with Crippen LogP contribution in [0.3, 0.4) is 0 Å². The van der Waals surface area contributed by atoms with E-state index in [0.29, 0.717) is 39.0 Å². The highest BCUT2D eigenvalue weighted by Gasteiger charge is 2.28. The highest BCUT2D eigenvalue weighted by atomic mass is 16.5. The summed E-state index contributed by atoms with van der Waals surface area (Å²) in [6.07, 6.45) is 1.74. The Hall–Kier alpha value is -1.88. The summed E-state index contributed by atoms with van der Waals surface area (Å²) >= 11 is 0. The van der Waals surface area contributed by atoms with Gasteiger partial charge in [-0.1, -0.05) is 18.2 Å². The second-order valence-electron chi connectivity index (χ2n) is 6.10. The van der Waals surface area contributed by atoms with Crippen LogP contribution in [-0.4, -0.2) is 42.5 Å². The van der Waals surface area contributed by atoms with Gasteiger partial charge in [0.1, 0.15) is 0 Å². The van der Waals surface area contributed by atoms with Crippen LogP contribution in [-0.2, 0) is 20.7 Å². The van der Waals surface area contributed by atoms with Crippen LogP contribution in [0.5, 0.6) is 0 Å². The Bertz CT molecular complexity index is 573. The third kappa shape index (κ3) is 3.14. The molecule has 0 aliphatic carbocycles. The molecular formula is C17H22N2O3. The van der Waals surface area contributed by atoms with Crippen LogP contribution in [0.1, 0.15) is 25.3 Å². The minimum atomic E-state index is -0.116. The molecule has 118 valence electrons. The van der Waals surface area contributed by atoms with E-state index in [2.05, 4.69) is 5.32 Å². The highest BCUT2D eigenvalue weighted by Crippen LogP contribution is 2.27. The Morgan fingerprint density at radius 2 is 2.23 bits per heavy atom. The molecule has 2 heterocycles. The van der Waals surface area contributed by atoms with Crippen LogP contribution in [0.15, 0.2) is 24.3 Å². The molecule has 1 aromatic carbocycles. The molecule has 1 N–H and O–H groups in total. The van der Waals surface area contributed by atoms with Gasteiger partial charge in [-0.25, -0.2) is 0 Å². The lowest BCUT2D eigenvalue weighted by Crippen LogP contribution is -2.47. The van der Waals surface area contributed by atoms with Crippen molar-refractivity contribution in [2.75, 3.05) is 25.1 Å². The van der Waals surface area contributed by atoms with Crippen molar-refractivity contribution in [3.8, 4) is 0 Å². The Morgan fingerprint density at radius 1 is 1.41 bits per heavy atom. The van der Waals surface area contributed by atoms with Crippen molar-refractivity contribution in [2.45, 2.75) is 32.2 Å². The standard InChI is InChI=1S/C17H22N2O3/c1-12-11-22-9-8-19(12)16(20)7-6-14-10-13-4-2-3-5-15(13)18-17(14)21/h2-5,12,14H,6-11H2,1H3,(H,18,21). The molecule has 0 spiro atoms. The molecule has 0 bridgehead atoms. The zero-order chi connectivity index (χ0) is 15.5. The van der Waals surface area contributed by atoms with Gasteiger partial charge in [0.2, 0.25) is 11.8 Å². The van der Waals surface area contributed by atoms with Crippen molar-refractivity contribution < 1.29 is 14.3 Å². The maximum Gasteiger partial charge on any atom is 0.227 e. The van der Waals surface area contributed by atoms with Crippen LogP contribution in [0.25, 0.3) is 0 Å². The number of para-hydroxylation sites is 1. The van der Waals surface area contributed by atoms with Crippen LogP contribution in [0.4, 0.5) is 5.69 Å². The number of benzene rings is 1. The smallest absolute Gasteiger partial charge is 0.227 e. The molecule has 2 aliphatic rings. The summed E-state index contributed by atoms with van der Waals surface area (Å²) in [5.74, 6) is 0.0409. The van der Waals surface area contributed by atoms with Gasteiger partial charge < -0.3 is 15.0 Å². The number of nitrogens with one attached hydrogen (secondary N) is 1. The number of carbonyl (C=O) groups is 2. The third-order valence-corrected chi connectivity index (χ3v) is 4.51. The largest absolute Gasteiger partial charge is 0.377 e. The zero-order valence-electron chi connectivity index (χ0n) is 12.9. The molecule has 5 nitrogen and oxygen atoms in total. The number of carbonyl (C=O) groups excluding carboxylic acids is 2. The maximum absolute atomic E-state index is 12.3. The molecule has 1 saturated heterocycles. The topological polar surface area (TPSA) is 58.6 Å². The monoisotopic (exact) mass is 302 g/mol. The van der Waals surface area contributed by atoms with Crippen LogP contribution < -0.4 is 5.32 Å². The molecule has 2 unspecified atom stereocenters. The second-order valence-corrected chi connectivity index (χ2v) is 6.10. The fourth-order valence-corrected chi connectivity index (χ4v) is 3.19. The Morgan fingerprint density at radius 3 is 3.05 bits per heavy atom. The van der Waals surface area contributed by atoms with Gasteiger partial charge in [0.25, 0.3) is 0 Å². The SMILES string of the molecule is CC1COCCN1C(=O)CCC1Cc2ccccc2NC1=O. The average molecular weight is 302 g/mol. The molecule has 2 amide bonds. The third-order valence-electron chi connectivity index (χ3n) is 4.51. The summed E-state index contributed by atoms with van der Waals surface area (Å²) in [6.45, 7) is 3.86. The molecule has 5 heteroatoms. The van der Waals surface area contributed by atoms with Gasteiger partial charge in [-0.05, 0) is 31.4 Å². The summed E-state index contributed by atoms with van der Waals surface area (Å²) in [5, 5.41) is 2.94. The number of rotatable bonds is 3. The van der Waals surface area contributed by atoms with Crippen molar-refractivity contribution in [1.82, 2.24) is 4.90 Å². The van der Waals surface area contributed by atoms with Gasteiger partial charge in [-0.3, -0.25) is 9.59 Å². The van der Waals surface area contributed by atoms with Gasteiger partial charge in [-0.2, -0.15) is 0 Å². The number of ether oxygens (including phenoxy) is 1. The molecule has 1 aromatic rings. The minimum absolute atomic E-state index is 0.0292. The minimum Gasteiger partial charge on any atom is -0.377 e. The van der Waals surface area contributed by atoms with Crippen molar-refractivity contribution in [3.63, 3.8) is 0 Å². The molecule has 0 radical (unpaired) electrons. The van der Waals surface area contributed by atoms with Gasteiger partial charge in [0.05, 0.1) is 19.3 Å². The summed E-state index contributed by atoms with van der Waals surface area (Å²) < 4.78 is 5.35. The fraction of sp³-hybridized carbons (Fsp3) is 0.529. The Balaban J connectivity index is 1.57. The van der Waals surface area contributed by atoms with Gasteiger partial charge >= 0.3 is 0 Å². The summed E-state index contributed by atoms with van der Waals surface area (Å²) in [7, 11) is 0. The normalized spacial score (nSPS) is 24.6. The first-order valence-corrected chi connectivity index (χ1v) is 7.91. The second kappa shape index (κ2) is 6.48. The molecule has 22 heavy (non-hydrogen) atoms. The summed E-state index contributed by atoms with van der Waals surface area (Å²) in [6, 6.07) is 7.98. The van der Waals surface area contributed by atoms with E-state index in [1.807, 2.05) is 36.1 Å². The number of hydrogen-bond donors (Lipinski definition) is 1. The molecular weight excluding hydrogens is 280 g/mol. The molecule has 0 saturated carbocycles. The van der Waals surface area contributed by atoms with E-state index in [9.17, 15) is 9.59 Å². The van der Waals surface area contributed by atoms with Crippen LogP contribution in [0.2, 0.25) is 0 Å². The molecule has 2 atom stereocenters. The first-order chi connectivity index (χ1) is 10.6. The van der Waals surface area contributed by atoms with Crippen LogP contribution >= 0.6 is 0 Å². The first-order valence-electron chi connectivity index (χ1n) is 7.91. The molecule has 3 rings (SSSR count). The Kier molecular flexibility index (Phi) is 4.43. The number of fused-ring (bicyclic) bond motifs is 1.